The Bertz CT molecular complexity index is 1080. The number of carbonyl (C=O) groups excluding carboxylic acids is 1. The normalized spacial score (nSPS) is 20.5. The van der Waals surface area contributed by atoms with Gasteiger partial charge < -0.3 is 0 Å². The SMILES string of the molecule is O=C1/C(=C\c2cccs2)S/C(=N/c2nc(-c3ccccc3)cs2)N1C1CCCCC1. The Morgan fingerprint density at radius 1 is 1.03 bits per heavy atom. The van der Waals surface area contributed by atoms with Crippen LogP contribution in [0.25, 0.3) is 17.3 Å². The molecule has 1 aliphatic heterocycles. The third kappa shape index (κ3) is 4.15. The van der Waals surface area contributed by atoms with Gasteiger partial charge in [0.05, 0.1) is 10.6 Å². The molecule has 7 heteroatoms. The number of hydrogen-bond donors (Lipinski definition) is 0. The molecule has 30 heavy (non-hydrogen) atoms. The van der Waals surface area contributed by atoms with Crippen molar-refractivity contribution in [2.24, 2.45) is 4.99 Å². The number of rotatable bonds is 4. The standard InChI is InChI=1S/C23H21N3OS3/c27-21-20(14-18-12-7-13-28-18)30-23(26(21)17-10-5-2-6-11-17)25-22-24-19(15-29-22)16-8-3-1-4-9-16/h1,3-4,7-9,12-15,17H,2,5-6,10-11H2/b20-14+,25-23+. The van der Waals surface area contributed by atoms with Gasteiger partial charge in [-0.3, -0.25) is 9.69 Å². The molecule has 0 unspecified atom stereocenters. The highest BCUT2D eigenvalue weighted by molar-refractivity contribution is 8.18. The minimum Gasteiger partial charge on any atom is -0.283 e. The Kier molecular flexibility index (Phi) is 5.84. The third-order valence-corrected chi connectivity index (χ3v) is 7.88. The van der Waals surface area contributed by atoms with Crippen molar-refractivity contribution in [3.8, 4) is 11.3 Å². The molecule has 5 rings (SSSR count). The number of amides is 1. The lowest BCUT2D eigenvalue weighted by molar-refractivity contribution is -0.124. The highest BCUT2D eigenvalue weighted by atomic mass is 32.2. The predicted molar refractivity (Wildman–Crippen MR) is 128 cm³/mol. The number of aliphatic imine (C=N–C) groups is 1. The van der Waals surface area contributed by atoms with E-state index in [1.165, 1.54) is 42.4 Å². The van der Waals surface area contributed by atoms with Crippen LogP contribution in [0.4, 0.5) is 5.13 Å². The van der Waals surface area contributed by atoms with E-state index in [0.717, 1.165) is 39.0 Å². The van der Waals surface area contributed by atoms with Crippen LogP contribution in [-0.4, -0.2) is 27.0 Å². The molecule has 1 aromatic carbocycles. The number of thiophene rings is 1. The number of thioether (sulfide) groups is 1. The van der Waals surface area contributed by atoms with Crippen LogP contribution in [0.2, 0.25) is 0 Å². The molecule has 1 saturated heterocycles. The van der Waals surface area contributed by atoms with E-state index in [4.69, 9.17) is 9.98 Å². The molecule has 3 heterocycles. The van der Waals surface area contributed by atoms with Crippen molar-refractivity contribution in [1.29, 1.82) is 0 Å². The first kappa shape index (κ1) is 19.7. The van der Waals surface area contributed by atoms with Gasteiger partial charge in [-0.2, -0.15) is 4.99 Å². The van der Waals surface area contributed by atoms with Crippen LogP contribution in [0.5, 0.6) is 0 Å². The molecule has 152 valence electrons. The molecule has 2 aliphatic rings. The minimum atomic E-state index is 0.0823. The van der Waals surface area contributed by atoms with Gasteiger partial charge in [-0.1, -0.05) is 55.7 Å². The Morgan fingerprint density at radius 2 is 1.87 bits per heavy atom. The van der Waals surface area contributed by atoms with Crippen molar-refractivity contribution in [3.63, 3.8) is 0 Å². The number of hydrogen-bond acceptors (Lipinski definition) is 6. The largest absolute Gasteiger partial charge is 0.283 e. The van der Waals surface area contributed by atoms with Crippen LogP contribution in [0.15, 0.2) is 63.1 Å². The van der Waals surface area contributed by atoms with Crippen molar-refractivity contribution < 1.29 is 4.79 Å². The van der Waals surface area contributed by atoms with Gasteiger partial charge in [0.1, 0.15) is 0 Å². The zero-order chi connectivity index (χ0) is 20.3. The van der Waals surface area contributed by atoms with Crippen LogP contribution in [0.3, 0.4) is 0 Å². The number of thiazole rings is 1. The van der Waals surface area contributed by atoms with E-state index in [9.17, 15) is 4.79 Å². The molecule has 1 aliphatic carbocycles. The lowest BCUT2D eigenvalue weighted by atomic mass is 9.94. The van der Waals surface area contributed by atoms with Crippen molar-refractivity contribution in [2.75, 3.05) is 0 Å². The number of carbonyl (C=O) groups is 1. The maximum absolute atomic E-state index is 13.3. The van der Waals surface area contributed by atoms with E-state index in [1.54, 1.807) is 11.3 Å². The van der Waals surface area contributed by atoms with Crippen LogP contribution < -0.4 is 0 Å². The van der Waals surface area contributed by atoms with Crippen molar-refractivity contribution >= 4 is 56.7 Å². The first-order valence-electron chi connectivity index (χ1n) is 10.1. The highest BCUT2D eigenvalue weighted by Crippen LogP contribution is 2.39. The lowest BCUT2D eigenvalue weighted by Crippen LogP contribution is -2.40. The maximum Gasteiger partial charge on any atom is 0.267 e. The summed E-state index contributed by atoms with van der Waals surface area (Å²) in [6, 6.07) is 14.4. The van der Waals surface area contributed by atoms with Gasteiger partial charge in [-0.05, 0) is 42.1 Å². The summed E-state index contributed by atoms with van der Waals surface area (Å²) < 4.78 is 0. The van der Waals surface area contributed by atoms with E-state index in [0.29, 0.717) is 5.13 Å². The van der Waals surface area contributed by atoms with E-state index in [1.807, 2.05) is 52.1 Å². The molecule has 1 saturated carbocycles. The summed E-state index contributed by atoms with van der Waals surface area (Å²) in [5.74, 6) is 0.0823. The number of nitrogens with zero attached hydrogens (tertiary/aromatic N) is 3. The van der Waals surface area contributed by atoms with Crippen LogP contribution >= 0.6 is 34.4 Å². The molecule has 0 bridgehead atoms. The number of benzene rings is 1. The molecule has 3 aromatic rings. The topological polar surface area (TPSA) is 45.6 Å². The fourth-order valence-electron chi connectivity index (χ4n) is 3.87. The second-order valence-electron chi connectivity index (χ2n) is 7.37. The minimum absolute atomic E-state index is 0.0823. The van der Waals surface area contributed by atoms with E-state index in [-0.39, 0.29) is 11.9 Å². The molecule has 0 N–H and O–H groups in total. The van der Waals surface area contributed by atoms with Crippen molar-refractivity contribution in [3.05, 3.63) is 63.0 Å². The average molecular weight is 452 g/mol. The molecule has 0 radical (unpaired) electrons. The third-order valence-electron chi connectivity index (χ3n) is 5.35. The zero-order valence-corrected chi connectivity index (χ0v) is 18.8. The van der Waals surface area contributed by atoms with Crippen molar-refractivity contribution in [1.82, 2.24) is 9.88 Å². The van der Waals surface area contributed by atoms with Crippen LogP contribution in [0, 0.1) is 0 Å². The first-order valence-corrected chi connectivity index (χ1v) is 12.7. The first-order chi connectivity index (χ1) is 14.8. The van der Waals surface area contributed by atoms with Gasteiger partial charge in [0.2, 0.25) is 5.13 Å². The second-order valence-corrected chi connectivity index (χ2v) is 10.2. The molecule has 4 nitrogen and oxygen atoms in total. The Balaban J connectivity index is 1.48. The van der Waals surface area contributed by atoms with E-state index >= 15 is 0 Å². The summed E-state index contributed by atoms with van der Waals surface area (Å²) in [5, 5.41) is 5.53. The van der Waals surface area contributed by atoms with Gasteiger partial charge in [0, 0.05) is 21.9 Å². The molecule has 2 fully saturated rings. The smallest absolute Gasteiger partial charge is 0.267 e. The van der Waals surface area contributed by atoms with E-state index in [2.05, 4.69) is 12.1 Å². The van der Waals surface area contributed by atoms with Gasteiger partial charge in [0.15, 0.2) is 5.17 Å². The molecule has 1 amide bonds. The van der Waals surface area contributed by atoms with Gasteiger partial charge in [-0.15, -0.1) is 22.7 Å². The number of aromatic nitrogens is 1. The lowest BCUT2D eigenvalue weighted by Gasteiger charge is -2.30. The Hall–Kier alpha value is -2.22. The fraction of sp³-hybridized carbons (Fsp3) is 0.261. The van der Waals surface area contributed by atoms with Crippen molar-refractivity contribution in [2.45, 2.75) is 38.1 Å². The summed E-state index contributed by atoms with van der Waals surface area (Å²) in [6.45, 7) is 0. The summed E-state index contributed by atoms with van der Waals surface area (Å²) in [4.78, 5) is 26.6. The second kappa shape index (κ2) is 8.88. The molecule has 0 spiro atoms. The van der Waals surface area contributed by atoms with Crippen LogP contribution in [0.1, 0.15) is 37.0 Å². The number of amidine groups is 1. The molecular weight excluding hydrogens is 430 g/mol. The Labute approximate surface area is 188 Å². The Morgan fingerprint density at radius 3 is 2.63 bits per heavy atom. The fourth-order valence-corrected chi connectivity index (χ4v) is 6.38. The highest BCUT2D eigenvalue weighted by Gasteiger charge is 2.38. The van der Waals surface area contributed by atoms with Gasteiger partial charge >= 0.3 is 0 Å². The summed E-state index contributed by atoms with van der Waals surface area (Å²) >= 11 is 4.64. The summed E-state index contributed by atoms with van der Waals surface area (Å²) in [7, 11) is 0. The quantitative estimate of drug-likeness (QED) is 0.409. The molecular formula is C23H21N3OS3. The summed E-state index contributed by atoms with van der Waals surface area (Å²) in [6.07, 6.45) is 7.68. The summed E-state index contributed by atoms with van der Waals surface area (Å²) in [5.41, 5.74) is 2.01. The zero-order valence-electron chi connectivity index (χ0n) is 16.4. The predicted octanol–water partition coefficient (Wildman–Crippen LogP) is 6.81. The monoisotopic (exact) mass is 451 g/mol. The van der Waals surface area contributed by atoms with Gasteiger partial charge in [-0.25, -0.2) is 4.98 Å². The van der Waals surface area contributed by atoms with E-state index < -0.39 is 0 Å². The van der Waals surface area contributed by atoms with Gasteiger partial charge in [0.25, 0.3) is 5.91 Å². The molecule has 0 atom stereocenters. The molecule has 2 aromatic heterocycles. The maximum atomic E-state index is 13.3. The average Bonchev–Trinajstić information content (AvgIpc) is 3.52. The van der Waals surface area contributed by atoms with Crippen LogP contribution in [-0.2, 0) is 4.79 Å².